The van der Waals surface area contributed by atoms with Gasteiger partial charge >= 0.3 is 0 Å². The first-order valence-corrected chi connectivity index (χ1v) is 13.7. The Kier molecular flexibility index (Phi) is 10.4. The summed E-state index contributed by atoms with van der Waals surface area (Å²) in [5.74, 6) is -0.0455. The Balaban J connectivity index is 1.44. The Morgan fingerprint density at radius 2 is 1.72 bits per heavy atom. The molecule has 1 amide bonds. The second-order valence-corrected chi connectivity index (χ2v) is 10.4. The molecule has 3 aromatic rings. The minimum atomic E-state index is -0.113. The molecule has 1 fully saturated rings. The number of likely N-dealkylation sites (N-methyl/N-ethyl adjacent to an activating group) is 1. The lowest BCUT2D eigenvalue weighted by Gasteiger charge is -2.31. The van der Waals surface area contributed by atoms with Crippen LogP contribution in [-0.2, 0) is 9.53 Å². The molecule has 39 heavy (non-hydrogen) atoms. The zero-order valence-electron chi connectivity index (χ0n) is 22.3. The molecule has 9 heteroatoms. The summed E-state index contributed by atoms with van der Waals surface area (Å²) >= 11 is 12.2. The first-order chi connectivity index (χ1) is 18.8. The molecule has 1 atom stereocenters. The SMILES string of the molecule is CNC(=O)c1cccc(-c2ccc(C(CN3CCOCC3)NCC(=O)CN(C)c3ccc(Cl)c(Cl)c3)cc2)c1. The van der Waals surface area contributed by atoms with E-state index >= 15 is 0 Å². The third kappa shape index (κ3) is 8.03. The Morgan fingerprint density at radius 3 is 2.41 bits per heavy atom. The topological polar surface area (TPSA) is 73.9 Å². The van der Waals surface area contributed by atoms with Gasteiger partial charge in [-0.1, -0.05) is 59.6 Å². The van der Waals surface area contributed by atoms with Crippen molar-refractivity contribution in [1.29, 1.82) is 0 Å². The summed E-state index contributed by atoms with van der Waals surface area (Å²) in [5, 5.41) is 7.10. The molecule has 0 aliphatic carbocycles. The fraction of sp³-hybridized carbons (Fsp3) is 0.333. The van der Waals surface area contributed by atoms with Crippen molar-refractivity contribution in [3.8, 4) is 11.1 Å². The van der Waals surface area contributed by atoms with Gasteiger partial charge in [0.05, 0.1) is 36.3 Å². The van der Waals surface area contributed by atoms with Crippen molar-refractivity contribution in [2.75, 3.05) is 64.9 Å². The van der Waals surface area contributed by atoms with Crippen molar-refractivity contribution in [1.82, 2.24) is 15.5 Å². The molecule has 1 heterocycles. The van der Waals surface area contributed by atoms with E-state index in [1.54, 1.807) is 25.2 Å². The van der Waals surface area contributed by atoms with Crippen LogP contribution >= 0.6 is 23.2 Å². The number of Topliss-reactive ketones (excluding diaryl/α,β-unsaturated/α-hetero) is 1. The number of carbonyl (C=O) groups excluding carboxylic acids is 2. The van der Waals surface area contributed by atoms with Gasteiger partial charge in [-0.25, -0.2) is 0 Å². The van der Waals surface area contributed by atoms with E-state index in [-0.39, 0.29) is 30.8 Å². The maximum absolute atomic E-state index is 12.9. The van der Waals surface area contributed by atoms with Crippen molar-refractivity contribution in [3.63, 3.8) is 0 Å². The van der Waals surface area contributed by atoms with Crippen LogP contribution in [0.2, 0.25) is 10.0 Å². The van der Waals surface area contributed by atoms with E-state index < -0.39 is 0 Å². The van der Waals surface area contributed by atoms with Gasteiger partial charge in [0, 0.05) is 51.0 Å². The Hall–Kier alpha value is -2.94. The van der Waals surface area contributed by atoms with Crippen LogP contribution in [0.3, 0.4) is 0 Å². The highest BCUT2D eigenvalue weighted by atomic mass is 35.5. The third-order valence-corrected chi connectivity index (χ3v) is 7.58. The molecule has 0 radical (unpaired) electrons. The number of anilines is 1. The van der Waals surface area contributed by atoms with Crippen LogP contribution in [0.4, 0.5) is 5.69 Å². The number of rotatable bonds is 11. The average Bonchev–Trinajstić information content (AvgIpc) is 2.97. The lowest BCUT2D eigenvalue weighted by atomic mass is 9.98. The summed E-state index contributed by atoms with van der Waals surface area (Å²) in [5.41, 5.74) is 4.54. The van der Waals surface area contributed by atoms with Gasteiger partial charge in [-0.2, -0.15) is 0 Å². The molecule has 1 aliphatic heterocycles. The molecular weight excluding hydrogens is 535 g/mol. The summed E-state index contributed by atoms with van der Waals surface area (Å²) in [7, 11) is 3.49. The molecule has 1 saturated heterocycles. The fourth-order valence-electron chi connectivity index (χ4n) is 4.59. The van der Waals surface area contributed by atoms with Crippen LogP contribution < -0.4 is 15.5 Å². The summed E-state index contributed by atoms with van der Waals surface area (Å²) in [6.45, 7) is 4.38. The Labute approximate surface area is 240 Å². The van der Waals surface area contributed by atoms with Gasteiger partial charge in [-0.3, -0.25) is 14.5 Å². The van der Waals surface area contributed by atoms with Crippen molar-refractivity contribution < 1.29 is 14.3 Å². The summed E-state index contributed by atoms with van der Waals surface area (Å²) < 4.78 is 5.52. The smallest absolute Gasteiger partial charge is 0.251 e. The van der Waals surface area contributed by atoms with Crippen molar-refractivity contribution >= 4 is 40.6 Å². The number of nitrogens with zero attached hydrogens (tertiary/aromatic N) is 2. The number of hydrogen-bond donors (Lipinski definition) is 2. The van der Waals surface area contributed by atoms with E-state index in [0.717, 1.165) is 42.0 Å². The highest BCUT2D eigenvalue weighted by molar-refractivity contribution is 6.42. The van der Waals surface area contributed by atoms with E-state index in [9.17, 15) is 9.59 Å². The molecule has 0 aromatic heterocycles. The van der Waals surface area contributed by atoms with Gasteiger partial charge in [0.1, 0.15) is 0 Å². The maximum atomic E-state index is 12.9. The van der Waals surface area contributed by atoms with E-state index in [1.807, 2.05) is 36.2 Å². The number of hydrogen-bond acceptors (Lipinski definition) is 6. The van der Waals surface area contributed by atoms with Crippen LogP contribution in [0.1, 0.15) is 22.0 Å². The lowest BCUT2D eigenvalue weighted by molar-refractivity contribution is -0.117. The molecule has 2 N–H and O–H groups in total. The number of carbonyl (C=O) groups is 2. The normalized spacial score (nSPS) is 14.6. The second-order valence-electron chi connectivity index (χ2n) is 9.62. The van der Waals surface area contributed by atoms with Crippen molar-refractivity contribution in [3.05, 3.63) is 87.9 Å². The standard InChI is InChI=1S/C30H34Cl2N4O3/c1-33-30(38)24-5-3-4-23(16-24)21-6-8-22(9-7-21)29(20-36-12-14-39-15-13-36)34-18-26(37)19-35(2)25-10-11-27(31)28(32)17-25/h3-11,16-17,29,34H,12-15,18-20H2,1-2H3,(H,33,38). The van der Waals surface area contributed by atoms with Gasteiger partial charge < -0.3 is 20.3 Å². The van der Waals surface area contributed by atoms with Crippen LogP contribution in [0.5, 0.6) is 0 Å². The Bertz CT molecular complexity index is 1280. The number of morpholine rings is 1. The van der Waals surface area contributed by atoms with Crippen molar-refractivity contribution in [2.45, 2.75) is 6.04 Å². The predicted octanol–water partition coefficient (Wildman–Crippen LogP) is 4.69. The highest BCUT2D eigenvalue weighted by Crippen LogP contribution is 2.27. The summed E-state index contributed by atoms with van der Waals surface area (Å²) in [6.07, 6.45) is 0. The molecule has 1 unspecified atom stereocenters. The van der Waals surface area contributed by atoms with Crippen LogP contribution in [0.25, 0.3) is 11.1 Å². The molecule has 3 aromatic carbocycles. The number of halogens is 2. The number of nitrogens with one attached hydrogen (secondary N) is 2. The van der Waals surface area contributed by atoms with Gasteiger partial charge in [-0.05, 0) is 47.0 Å². The molecular formula is C30H34Cl2N4O3. The van der Waals surface area contributed by atoms with E-state index in [0.29, 0.717) is 28.8 Å². The fourth-order valence-corrected chi connectivity index (χ4v) is 4.89. The minimum absolute atomic E-state index is 0.0337. The summed E-state index contributed by atoms with van der Waals surface area (Å²) in [4.78, 5) is 29.2. The van der Waals surface area contributed by atoms with E-state index in [4.69, 9.17) is 27.9 Å². The maximum Gasteiger partial charge on any atom is 0.251 e. The van der Waals surface area contributed by atoms with Crippen LogP contribution in [-0.4, -0.2) is 76.6 Å². The zero-order valence-corrected chi connectivity index (χ0v) is 23.8. The summed E-state index contributed by atoms with van der Waals surface area (Å²) in [6, 6.07) is 21.2. The van der Waals surface area contributed by atoms with E-state index in [1.165, 1.54) is 0 Å². The largest absolute Gasteiger partial charge is 0.379 e. The molecule has 7 nitrogen and oxygen atoms in total. The number of benzene rings is 3. The molecule has 4 rings (SSSR count). The quantitative estimate of drug-likeness (QED) is 0.349. The van der Waals surface area contributed by atoms with Gasteiger partial charge in [-0.15, -0.1) is 0 Å². The lowest BCUT2D eigenvalue weighted by Crippen LogP contribution is -2.43. The molecule has 0 saturated carbocycles. The second kappa shape index (κ2) is 13.9. The first-order valence-electron chi connectivity index (χ1n) is 13.0. The van der Waals surface area contributed by atoms with Gasteiger partial charge in [0.2, 0.25) is 0 Å². The molecule has 0 spiro atoms. The van der Waals surface area contributed by atoms with Crippen molar-refractivity contribution in [2.24, 2.45) is 0 Å². The monoisotopic (exact) mass is 568 g/mol. The Morgan fingerprint density at radius 1 is 0.974 bits per heavy atom. The highest BCUT2D eigenvalue weighted by Gasteiger charge is 2.20. The first kappa shape index (κ1) is 29.1. The van der Waals surface area contributed by atoms with E-state index in [2.05, 4.69) is 39.8 Å². The number of amides is 1. The number of ether oxygens (including phenoxy) is 1. The molecule has 206 valence electrons. The van der Waals surface area contributed by atoms with Gasteiger partial charge in [0.15, 0.2) is 5.78 Å². The van der Waals surface area contributed by atoms with Crippen LogP contribution in [0.15, 0.2) is 66.7 Å². The predicted molar refractivity (Wildman–Crippen MR) is 158 cm³/mol. The number of ketones is 1. The molecule has 0 bridgehead atoms. The average molecular weight is 570 g/mol. The minimum Gasteiger partial charge on any atom is -0.379 e. The molecule has 1 aliphatic rings. The third-order valence-electron chi connectivity index (χ3n) is 6.85. The van der Waals surface area contributed by atoms with Gasteiger partial charge in [0.25, 0.3) is 5.91 Å². The van der Waals surface area contributed by atoms with Crippen LogP contribution in [0, 0.1) is 0 Å². The zero-order chi connectivity index (χ0) is 27.8.